The summed E-state index contributed by atoms with van der Waals surface area (Å²) in [5, 5.41) is -0.200. The molecule has 0 N–H and O–H groups in total. The average molecular weight is 280 g/mol. The zero-order chi connectivity index (χ0) is 13.2. The highest BCUT2D eigenvalue weighted by Gasteiger charge is 2.26. The molecule has 0 aromatic heterocycles. The van der Waals surface area contributed by atoms with E-state index in [-0.39, 0.29) is 10.6 Å². The summed E-state index contributed by atoms with van der Waals surface area (Å²) in [4.78, 5) is 0. The van der Waals surface area contributed by atoms with Crippen LogP contribution in [-0.2, 0) is 11.4 Å². The van der Waals surface area contributed by atoms with Crippen LogP contribution in [0.25, 0.3) is 0 Å². The van der Waals surface area contributed by atoms with Crippen LogP contribution < -0.4 is 0 Å². The van der Waals surface area contributed by atoms with Gasteiger partial charge in [-0.05, 0) is 32.9 Å². The SMILES string of the molecule is CC(C)(C)[S+]([O-])N=Cc1c(F)ccc(Cl)c1F. The Bertz CT molecular complexity index is 446. The van der Waals surface area contributed by atoms with Crippen molar-refractivity contribution in [1.82, 2.24) is 0 Å². The molecule has 0 saturated carbocycles. The lowest BCUT2D eigenvalue weighted by atomic mass is 10.2. The first-order chi connectivity index (χ1) is 7.73. The van der Waals surface area contributed by atoms with Crippen molar-refractivity contribution in [3.8, 4) is 0 Å². The Morgan fingerprint density at radius 3 is 2.47 bits per heavy atom. The van der Waals surface area contributed by atoms with Crippen LogP contribution in [0.15, 0.2) is 16.5 Å². The molecule has 6 heteroatoms. The summed E-state index contributed by atoms with van der Waals surface area (Å²) in [5.41, 5.74) is -0.380. The van der Waals surface area contributed by atoms with Crippen molar-refractivity contribution in [3.63, 3.8) is 0 Å². The van der Waals surface area contributed by atoms with Gasteiger partial charge in [-0.2, -0.15) is 0 Å². The first-order valence-corrected chi connectivity index (χ1v) is 6.31. The molecule has 1 aromatic carbocycles. The summed E-state index contributed by atoms with van der Waals surface area (Å²) in [6, 6.07) is 2.15. The van der Waals surface area contributed by atoms with E-state index in [9.17, 15) is 13.3 Å². The van der Waals surface area contributed by atoms with E-state index in [4.69, 9.17) is 11.6 Å². The van der Waals surface area contributed by atoms with E-state index in [1.54, 1.807) is 20.8 Å². The summed E-state index contributed by atoms with van der Waals surface area (Å²) in [7, 11) is 0. The standard InChI is InChI=1S/C11H12ClF2NOS/c1-11(2,3)17(16)15-6-7-9(13)5-4-8(12)10(7)14/h4-6H,1-3H3. The van der Waals surface area contributed by atoms with Crippen molar-refractivity contribution in [2.45, 2.75) is 25.5 Å². The fourth-order valence-corrected chi connectivity index (χ4v) is 1.60. The van der Waals surface area contributed by atoms with Gasteiger partial charge in [-0.15, -0.1) is 0 Å². The Labute approximate surface area is 107 Å². The van der Waals surface area contributed by atoms with E-state index in [0.29, 0.717) is 0 Å². The Morgan fingerprint density at radius 2 is 1.94 bits per heavy atom. The van der Waals surface area contributed by atoms with Crippen LogP contribution in [0.5, 0.6) is 0 Å². The van der Waals surface area contributed by atoms with Crippen LogP contribution in [0.1, 0.15) is 26.3 Å². The first kappa shape index (κ1) is 14.4. The fourth-order valence-electron chi connectivity index (χ4n) is 0.920. The van der Waals surface area contributed by atoms with Gasteiger partial charge in [0.1, 0.15) is 21.9 Å². The Balaban J connectivity index is 3.04. The lowest BCUT2D eigenvalue weighted by Gasteiger charge is -2.17. The molecule has 0 amide bonds. The van der Waals surface area contributed by atoms with Crippen LogP contribution >= 0.6 is 11.6 Å². The maximum Gasteiger partial charge on any atom is 0.153 e. The summed E-state index contributed by atoms with van der Waals surface area (Å²) in [6.07, 6.45) is 0.915. The fraction of sp³-hybridized carbons (Fsp3) is 0.364. The molecular formula is C11H12ClF2NOS. The second-order valence-electron chi connectivity index (χ2n) is 4.35. The Morgan fingerprint density at radius 1 is 1.35 bits per heavy atom. The Kier molecular flexibility index (Phi) is 4.52. The molecule has 0 bridgehead atoms. The smallest absolute Gasteiger partial charge is 0.153 e. The molecule has 0 heterocycles. The number of benzene rings is 1. The summed E-state index contributed by atoms with van der Waals surface area (Å²) >= 11 is 3.94. The second-order valence-corrected chi connectivity index (χ2v) is 6.69. The van der Waals surface area contributed by atoms with E-state index < -0.39 is 27.7 Å². The van der Waals surface area contributed by atoms with Gasteiger partial charge in [0.15, 0.2) is 5.82 Å². The van der Waals surface area contributed by atoms with Crippen LogP contribution in [0.4, 0.5) is 8.78 Å². The lowest BCUT2D eigenvalue weighted by Crippen LogP contribution is -2.25. The first-order valence-electron chi connectivity index (χ1n) is 4.83. The normalized spacial score (nSPS) is 14.3. The highest BCUT2D eigenvalue weighted by Crippen LogP contribution is 2.21. The number of rotatable bonds is 2. The van der Waals surface area contributed by atoms with Crippen LogP contribution in [-0.4, -0.2) is 15.5 Å². The molecule has 94 valence electrons. The molecule has 1 aromatic rings. The molecule has 0 aliphatic heterocycles. The number of hydrogen-bond donors (Lipinski definition) is 0. The third kappa shape index (κ3) is 3.66. The minimum Gasteiger partial charge on any atom is -0.591 e. The minimum absolute atomic E-state index is 0.200. The Hall–Kier alpha value is -0.650. The van der Waals surface area contributed by atoms with Gasteiger partial charge in [0.25, 0.3) is 0 Å². The number of halogens is 3. The highest BCUT2D eigenvalue weighted by molar-refractivity contribution is 7.91. The van der Waals surface area contributed by atoms with Gasteiger partial charge in [0.05, 0.1) is 16.8 Å². The van der Waals surface area contributed by atoms with Gasteiger partial charge < -0.3 is 4.55 Å². The average Bonchev–Trinajstić information content (AvgIpc) is 2.22. The molecule has 0 radical (unpaired) electrons. The van der Waals surface area contributed by atoms with Crippen LogP contribution in [0, 0.1) is 11.6 Å². The summed E-state index contributed by atoms with van der Waals surface area (Å²) in [6.45, 7) is 5.14. The van der Waals surface area contributed by atoms with Crippen molar-refractivity contribution in [2.24, 2.45) is 4.40 Å². The largest absolute Gasteiger partial charge is 0.591 e. The molecule has 0 aliphatic carbocycles. The zero-order valence-corrected chi connectivity index (χ0v) is 11.2. The van der Waals surface area contributed by atoms with Crippen LogP contribution in [0.3, 0.4) is 0 Å². The predicted molar refractivity (Wildman–Crippen MR) is 66.9 cm³/mol. The highest BCUT2D eigenvalue weighted by atomic mass is 35.5. The van der Waals surface area contributed by atoms with Crippen molar-refractivity contribution >= 4 is 29.2 Å². The van der Waals surface area contributed by atoms with Gasteiger partial charge in [-0.1, -0.05) is 16.0 Å². The molecule has 2 nitrogen and oxygen atoms in total. The minimum atomic E-state index is -1.57. The molecule has 17 heavy (non-hydrogen) atoms. The topological polar surface area (TPSA) is 35.4 Å². The molecule has 0 saturated heterocycles. The third-order valence-electron chi connectivity index (χ3n) is 1.88. The molecule has 0 fully saturated rings. The van der Waals surface area contributed by atoms with Crippen molar-refractivity contribution in [3.05, 3.63) is 34.4 Å². The van der Waals surface area contributed by atoms with Crippen molar-refractivity contribution < 1.29 is 13.3 Å². The van der Waals surface area contributed by atoms with E-state index in [1.807, 2.05) is 0 Å². The van der Waals surface area contributed by atoms with Gasteiger partial charge >= 0.3 is 0 Å². The van der Waals surface area contributed by atoms with E-state index in [2.05, 4.69) is 4.40 Å². The molecule has 1 unspecified atom stereocenters. The summed E-state index contributed by atoms with van der Waals surface area (Å²) < 4.78 is 41.4. The molecule has 1 rings (SSSR count). The van der Waals surface area contributed by atoms with Crippen molar-refractivity contribution in [1.29, 1.82) is 0 Å². The molecule has 1 atom stereocenters. The quantitative estimate of drug-likeness (QED) is 0.464. The van der Waals surface area contributed by atoms with E-state index in [1.165, 1.54) is 0 Å². The number of hydrogen-bond acceptors (Lipinski definition) is 2. The maximum atomic E-state index is 13.4. The lowest BCUT2D eigenvalue weighted by molar-refractivity contribution is 0.561. The van der Waals surface area contributed by atoms with E-state index in [0.717, 1.165) is 18.3 Å². The maximum absolute atomic E-state index is 13.4. The van der Waals surface area contributed by atoms with E-state index >= 15 is 0 Å². The van der Waals surface area contributed by atoms with Gasteiger partial charge in [0, 0.05) is 0 Å². The van der Waals surface area contributed by atoms with Gasteiger partial charge in [0.2, 0.25) is 0 Å². The molecule has 0 aliphatic rings. The monoisotopic (exact) mass is 279 g/mol. The molecular weight excluding hydrogens is 268 g/mol. The second kappa shape index (κ2) is 5.33. The van der Waals surface area contributed by atoms with Gasteiger partial charge in [-0.3, -0.25) is 0 Å². The zero-order valence-electron chi connectivity index (χ0n) is 9.63. The third-order valence-corrected chi connectivity index (χ3v) is 3.52. The van der Waals surface area contributed by atoms with Gasteiger partial charge in [-0.25, -0.2) is 8.78 Å². The number of nitrogens with zero attached hydrogens (tertiary/aromatic N) is 1. The molecule has 0 spiro atoms. The summed E-state index contributed by atoms with van der Waals surface area (Å²) in [5.74, 6) is -1.69. The van der Waals surface area contributed by atoms with Crippen LogP contribution in [0.2, 0.25) is 5.02 Å². The van der Waals surface area contributed by atoms with Crippen molar-refractivity contribution in [2.75, 3.05) is 0 Å². The predicted octanol–water partition coefficient (Wildman–Crippen LogP) is 3.50.